The van der Waals surface area contributed by atoms with E-state index >= 15 is 0 Å². The van der Waals surface area contributed by atoms with Gasteiger partial charge in [-0.25, -0.2) is 0 Å². The van der Waals surface area contributed by atoms with E-state index in [4.69, 9.17) is 4.12 Å². The molecule has 0 spiro atoms. The smallest absolute Gasteiger partial charge is 0.838 e. The molecule has 0 saturated carbocycles. The standard InChI is InChI=1S/C6H9O2Si2.Na/c7-10(8-9)6-4-2-1-3-5-6;/h1-5,10H,9H3;/q-1;+1. The van der Waals surface area contributed by atoms with E-state index in [9.17, 15) is 4.80 Å². The van der Waals surface area contributed by atoms with E-state index in [1.807, 2.05) is 30.3 Å². The van der Waals surface area contributed by atoms with Crippen LogP contribution in [0.1, 0.15) is 0 Å². The average Bonchev–Trinajstić information content (AvgIpc) is 2.05. The van der Waals surface area contributed by atoms with Gasteiger partial charge in [0.2, 0.25) is 0 Å². The first kappa shape index (κ1) is 11.6. The minimum atomic E-state index is -2.23. The summed E-state index contributed by atoms with van der Waals surface area (Å²) >= 11 is 0. The molecule has 0 aliphatic rings. The number of benzene rings is 1. The Morgan fingerprint density at radius 1 is 1.27 bits per heavy atom. The van der Waals surface area contributed by atoms with Crippen molar-refractivity contribution in [1.82, 2.24) is 0 Å². The molecular weight excluding hydrogens is 183 g/mol. The SMILES string of the molecule is [Na+].[O-][SiH](O[SiH3])c1ccccc1. The first-order valence-electron chi connectivity index (χ1n) is 3.08. The molecule has 2 nitrogen and oxygen atoms in total. The van der Waals surface area contributed by atoms with Gasteiger partial charge in [0.1, 0.15) is 10.5 Å². The van der Waals surface area contributed by atoms with Crippen molar-refractivity contribution in [3.63, 3.8) is 0 Å². The predicted octanol–water partition coefficient (Wildman–Crippen LogP) is -5.22. The molecule has 1 rings (SSSR count). The monoisotopic (exact) mass is 192 g/mol. The van der Waals surface area contributed by atoms with Crippen LogP contribution in [-0.2, 0) is 4.12 Å². The van der Waals surface area contributed by atoms with Crippen LogP contribution in [0.3, 0.4) is 0 Å². The molecule has 0 N–H and O–H groups in total. The maximum absolute atomic E-state index is 11.0. The summed E-state index contributed by atoms with van der Waals surface area (Å²) in [6, 6.07) is 9.31. The second-order valence-electron chi connectivity index (χ2n) is 1.98. The Morgan fingerprint density at radius 3 is 2.27 bits per heavy atom. The van der Waals surface area contributed by atoms with Crippen molar-refractivity contribution in [2.45, 2.75) is 0 Å². The van der Waals surface area contributed by atoms with E-state index in [-0.39, 0.29) is 29.6 Å². The maximum Gasteiger partial charge on any atom is 1.00 e. The molecule has 1 atom stereocenters. The topological polar surface area (TPSA) is 32.3 Å². The van der Waals surface area contributed by atoms with Crippen molar-refractivity contribution >= 4 is 25.0 Å². The van der Waals surface area contributed by atoms with Crippen LogP contribution >= 0.6 is 0 Å². The zero-order chi connectivity index (χ0) is 7.40. The summed E-state index contributed by atoms with van der Waals surface area (Å²) < 4.78 is 4.86. The fraction of sp³-hybridized carbons (Fsp3) is 0. The Balaban J connectivity index is 0.000001000. The summed E-state index contributed by atoms with van der Waals surface area (Å²) in [6.07, 6.45) is 0. The molecule has 54 valence electrons. The van der Waals surface area contributed by atoms with Crippen molar-refractivity contribution < 1.29 is 38.5 Å². The number of hydrogen-bond acceptors (Lipinski definition) is 2. The quantitative estimate of drug-likeness (QED) is 0.439. The van der Waals surface area contributed by atoms with E-state index in [0.717, 1.165) is 5.19 Å². The van der Waals surface area contributed by atoms with Crippen molar-refractivity contribution in [1.29, 1.82) is 0 Å². The molecule has 1 aromatic rings. The van der Waals surface area contributed by atoms with Gasteiger partial charge < -0.3 is 8.91 Å². The zero-order valence-corrected chi connectivity index (χ0v) is 11.9. The van der Waals surface area contributed by atoms with Gasteiger partial charge >= 0.3 is 29.6 Å². The molecule has 0 saturated heterocycles. The fourth-order valence-corrected chi connectivity index (χ4v) is 2.37. The minimum Gasteiger partial charge on any atom is -0.838 e. The van der Waals surface area contributed by atoms with E-state index in [1.165, 1.54) is 0 Å². The summed E-state index contributed by atoms with van der Waals surface area (Å²) in [6.45, 7) is 0. The molecule has 0 fully saturated rings. The van der Waals surface area contributed by atoms with E-state index in [0.29, 0.717) is 10.5 Å². The Hall–Kier alpha value is 0.574. The molecule has 0 radical (unpaired) electrons. The Bertz CT molecular complexity index is 195. The largest absolute Gasteiger partial charge is 1.00 e. The molecule has 0 amide bonds. The van der Waals surface area contributed by atoms with Gasteiger partial charge in [-0.05, 0) is 0 Å². The van der Waals surface area contributed by atoms with E-state index < -0.39 is 9.28 Å². The average molecular weight is 192 g/mol. The number of hydrogen-bond donors (Lipinski definition) is 0. The molecule has 0 aliphatic heterocycles. The van der Waals surface area contributed by atoms with Crippen molar-refractivity contribution in [3.05, 3.63) is 30.3 Å². The maximum atomic E-state index is 11.0. The van der Waals surface area contributed by atoms with Crippen LogP contribution in [0, 0.1) is 0 Å². The molecule has 0 bridgehead atoms. The molecule has 0 aliphatic carbocycles. The van der Waals surface area contributed by atoms with Crippen LogP contribution in [0.5, 0.6) is 0 Å². The summed E-state index contributed by atoms with van der Waals surface area (Å²) in [5.74, 6) is 0. The molecule has 1 aromatic carbocycles. The summed E-state index contributed by atoms with van der Waals surface area (Å²) in [7, 11) is -1.67. The molecule has 11 heavy (non-hydrogen) atoms. The third-order valence-corrected chi connectivity index (χ3v) is 3.93. The van der Waals surface area contributed by atoms with Gasteiger partial charge in [0.15, 0.2) is 0 Å². The van der Waals surface area contributed by atoms with Crippen LogP contribution in [0.4, 0.5) is 0 Å². The zero-order valence-electron chi connectivity index (χ0n) is 6.78. The number of rotatable bonds is 2. The van der Waals surface area contributed by atoms with Gasteiger partial charge in [-0.15, -0.1) is 0 Å². The Kier molecular flexibility index (Phi) is 6.45. The fourth-order valence-electron chi connectivity index (χ4n) is 0.746. The minimum absolute atomic E-state index is 0. The van der Waals surface area contributed by atoms with Gasteiger partial charge in [0.25, 0.3) is 0 Å². The summed E-state index contributed by atoms with van der Waals surface area (Å²) in [4.78, 5) is 11.0. The first-order valence-corrected chi connectivity index (χ1v) is 5.42. The van der Waals surface area contributed by atoms with Crippen LogP contribution in [0.15, 0.2) is 30.3 Å². The molecule has 5 heteroatoms. The van der Waals surface area contributed by atoms with Crippen LogP contribution in [0.25, 0.3) is 0 Å². The van der Waals surface area contributed by atoms with Gasteiger partial charge in [-0.1, -0.05) is 35.5 Å². The summed E-state index contributed by atoms with van der Waals surface area (Å²) in [5, 5.41) is 0.845. The first-order chi connectivity index (χ1) is 4.84. The molecule has 0 heterocycles. The van der Waals surface area contributed by atoms with Gasteiger partial charge in [0, 0.05) is 0 Å². The molecule has 0 aromatic heterocycles. The predicted molar refractivity (Wildman–Crippen MR) is 44.2 cm³/mol. The van der Waals surface area contributed by atoms with Crippen LogP contribution in [-0.4, -0.2) is 19.8 Å². The normalized spacial score (nSPS) is 12.1. The van der Waals surface area contributed by atoms with E-state index in [1.54, 1.807) is 0 Å². The molecular formula is C6H9NaO2Si2. The van der Waals surface area contributed by atoms with Crippen molar-refractivity contribution in [2.75, 3.05) is 0 Å². The third-order valence-electron chi connectivity index (χ3n) is 1.29. The van der Waals surface area contributed by atoms with Crippen molar-refractivity contribution in [2.24, 2.45) is 0 Å². The molecule has 1 unspecified atom stereocenters. The van der Waals surface area contributed by atoms with Crippen LogP contribution < -0.4 is 39.5 Å². The van der Waals surface area contributed by atoms with Crippen molar-refractivity contribution in [3.8, 4) is 0 Å². The van der Waals surface area contributed by atoms with Gasteiger partial charge in [0.05, 0.1) is 9.28 Å². The Morgan fingerprint density at radius 2 is 1.82 bits per heavy atom. The van der Waals surface area contributed by atoms with Gasteiger partial charge in [-0.3, -0.25) is 0 Å². The van der Waals surface area contributed by atoms with E-state index in [2.05, 4.69) is 0 Å². The third kappa shape index (κ3) is 3.66. The van der Waals surface area contributed by atoms with Crippen LogP contribution in [0.2, 0.25) is 0 Å². The summed E-state index contributed by atoms with van der Waals surface area (Å²) in [5.41, 5.74) is 0. The Labute approximate surface area is 93.3 Å². The second kappa shape index (κ2) is 6.13. The second-order valence-corrected chi connectivity index (χ2v) is 5.19. The van der Waals surface area contributed by atoms with Gasteiger partial charge in [-0.2, -0.15) is 0 Å².